The highest BCUT2D eigenvalue weighted by Crippen LogP contribution is 2.47. The molecule has 0 saturated carbocycles. The second-order valence-corrected chi connectivity index (χ2v) is 6.92. The highest BCUT2D eigenvalue weighted by molar-refractivity contribution is 9.10. The van der Waals surface area contributed by atoms with Crippen molar-refractivity contribution in [3.8, 4) is 11.5 Å². The summed E-state index contributed by atoms with van der Waals surface area (Å²) in [6.07, 6.45) is 0. The Kier molecular flexibility index (Phi) is 3.96. The lowest BCUT2D eigenvalue weighted by atomic mass is 9.91. The summed E-state index contributed by atoms with van der Waals surface area (Å²) in [6, 6.07) is 2.37. The fraction of sp³-hybridized carbons (Fsp3) is 0.571. The molecular formula is C14H18BrNO2S. The van der Waals surface area contributed by atoms with E-state index in [9.17, 15) is 0 Å². The van der Waals surface area contributed by atoms with Crippen molar-refractivity contribution in [3.05, 3.63) is 21.7 Å². The van der Waals surface area contributed by atoms with Crippen LogP contribution < -0.4 is 14.8 Å². The van der Waals surface area contributed by atoms with E-state index in [0.29, 0.717) is 25.2 Å². The summed E-state index contributed by atoms with van der Waals surface area (Å²) in [6.45, 7) is 3.56. The number of hydrogen-bond acceptors (Lipinski definition) is 4. The maximum Gasteiger partial charge on any atom is 0.166 e. The quantitative estimate of drug-likeness (QED) is 0.846. The van der Waals surface area contributed by atoms with Crippen molar-refractivity contribution in [2.24, 2.45) is 5.92 Å². The van der Waals surface area contributed by atoms with Gasteiger partial charge in [0.2, 0.25) is 0 Å². The number of fused-ring (bicyclic) bond motifs is 3. The molecule has 0 aliphatic carbocycles. The molecule has 1 aromatic rings. The number of halogens is 1. The zero-order valence-electron chi connectivity index (χ0n) is 11.2. The van der Waals surface area contributed by atoms with E-state index in [-0.39, 0.29) is 0 Å². The van der Waals surface area contributed by atoms with Crippen LogP contribution in [-0.4, -0.2) is 26.0 Å². The maximum atomic E-state index is 5.92. The fourth-order valence-electron chi connectivity index (χ4n) is 2.85. The van der Waals surface area contributed by atoms with Gasteiger partial charge in [-0.2, -0.15) is 11.8 Å². The predicted octanol–water partition coefficient (Wildman–Crippen LogP) is 3.36. The van der Waals surface area contributed by atoms with Crippen molar-refractivity contribution in [3.63, 3.8) is 0 Å². The van der Waals surface area contributed by atoms with Crippen molar-refractivity contribution < 1.29 is 9.47 Å². The average molecular weight is 344 g/mol. The Bertz CT molecular complexity index is 495. The van der Waals surface area contributed by atoms with E-state index in [1.54, 1.807) is 0 Å². The van der Waals surface area contributed by atoms with E-state index in [4.69, 9.17) is 9.47 Å². The first-order valence-corrected chi connectivity index (χ1v) is 8.53. The van der Waals surface area contributed by atoms with Crippen LogP contribution in [0.25, 0.3) is 0 Å². The summed E-state index contributed by atoms with van der Waals surface area (Å²) in [5.41, 5.74) is 2.63. The van der Waals surface area contributed by atoms with Crippen LogP contribution in [0.15, 0.2) is 10.5 Å². The Morgan fingerprint density at radius 2 is 2.16 bits per heavy atom. The van der Waals surface area contributed by atoms with Gasteiger partial charge in [-0.3, -0.25) is 0 Å². The minimum atomic E-state index is 0.318. The molecule has 3 rings (SSSR count). The number of ether oxygens (including phenoxy) is 2. The van der Waals surface area contributed by atoms with Crippen molar-refractivity contribution >= 4 is 27.7 Å². The Hall–Kier alpha value is -0.390. The first-order valence-electron chi connectivity index (χ1n) is 6.58. The number of hydrogen-bond donors (Lipinski definition) is 1. The summed E-state index contributed by atoms with van der Waals surface area (Å²) in [4.78, 5) is 0. The molecule has 5 heteroatoms. The van der Waals surface area contributed by atoms with Crippen molar-refractivity contribution in [1.29, 1.82) is 0 Å². The van der Waals surface area contributed by atoms with E-state index >= 15 is 0 Å². The molecule has 104 valence electrons. The van der Waals surface area contributed by atoms with Gasteiger partial charge in [0.05, 0.1) is 0 Å². The third-order valence-electron chi connectivity index (χ3n) is 3.75. The first kappa shape index (κ1) is 13.6. The standard InChI is InChI=1S/C14H18BrNO2S/c1-8-6-19-7-9-10(15)5-11-14(18-4-3-17-11)12(9)13(8)16-2/h5,8,13,16H,3-4,6-7H2,1-2H3. The van der Waals surface area contributed by atoms with Gasteiger partial charge in [-0.1, -0.05) is 22.9 Å². The van der Waals surface area contributed by atoms with Gasteiger partial charge in [0.25, 0.3) is 0 Å². The molecule has 0 radical (unpaired) electrons. The number of thioether (sulfide) groups is 1. The van der Waals surface area contributed by atoms with Gasteiger partial charge >= 0.3 is 0 Å². The Labute approximate surface area is 126 Å². The molecule has 2 unspecified atom stereocenters. The topological polar surface area (TPSA) is 30.5 Å². The van der Waals surface area contributed by atoms with Crippen LogP contribution in [0.4, 0.5) is 0 Å². The molecule has 19 heavy (non-hydrogen) atoms. The third kappa shape index (κ3) is 2.36. The first-order chi connectivity index (χ1) is 9.22. The molecule has 2 heterocycles. The van der Waals surface area contributed by atoms with Gasteiger partial charge in [0.15, 0.2) is 11.5 Å². The zero-order chi connectivity index (χ0) is 13.4. The van der Waals surface area contributed by atoms with E-state index < -0.39 is 0 Å². The normalized spacial score (nSPS) is 25.6. The van der Waals surface area contributed by atoms with Crippen molar-refractivity contribution in [1.82, 2.24) is 5.32 Å². The second-order valence-electron chi connectivity index (χ2n) is 5.03. The van der Waals surface area contributed by atoms with Crippen LogP contribution in [0.1, 0.15) is 24.1 Å². The Balaban J connectivity index is 2.20. The monoisotopic (exact) mass is 343 g/mol. The lowest BCUT2D eigenvalue weighted by molar-refractivity contribution is 0.167. The maximum absolute atomic E-state index is 5.92. The zero-order valence-corrected chi connectivity index (χ0v) is 13.6. The van der Waals surface area contributed by atoms with Gasteiger partial charge < -0.3 is 14.8 Å². The lowest BCUT2D eigenvalue weighted by Crippen LogP contribution is -2.27. The molecule has 0 amide bonds. The average Bonchev–Trinajstić information content (AvgIpc) is 2.58. The van der Waals surface area contributed by atoms with E-state index in [2.05, 4.69) is 34.2 Å². The summed E-state index contributed by atoms with van der Waals surface area (Å²) >= 11 is 5.68. The molecule has 2 atom stereocenters. The lowest BCUT2D eigenvalue weighted by Gasteiger charge is -2.29. The molecule has 2 aliphatic heterocycles. The van der Waals surface area contributed by atoms with Gasteiger partial charge in [-0.25, -0.2) is 0 Å². The molecule has 0 bridgehead atoms. The fourth-order valence-corrected chi connectivity index (χ4v) is 4.79. The van der Waals surface area contributed by atoms with Gasteiger partial charge in [-0.15, -0.1) is 0 Å². The Morgan fingerprint density at radius 1 is 1.37 bits per heavy atom. The molecule has 0 aromatic heterocycles. The van der Waals surface area contributed by atoms with Gasteiger partial charge in [0, 0.05) is 21.8 Å². The van der Waals surface area contributed by atoms with Crippen molar-refractivity contribution in [2.75, 3.05) is 26.0 Å². The molecule has 3 nitrogen and oxygen atoms in total. The summed E-state index contributed by atoms with van der Waals surface area (Å²) < 4.78 is 12.8. The van der Waals surface area contributed by atoms with Crippen LogP contribution >= 0.6 is 27.7 Å². The van der Waals surface area contributed by atoms with Crippen LogP contribution in [0.3, 0.4) is 0 Å². The van der Waals surface area contributed by atoms with Crippen molar-refractivity contribution in [2.45, 2.75) is 18.7 Å². The van der Waals surface area contributed by atoms with E-state index in [0.717, 1.165) is 27.5 Å². The van der Waals surface area contributed by atoms with Gasteiger partial charge in [0.1, 0.15) is 13.2 Å². The Morgan fingerprint density at radius 3 is 2.95 bits per heavy atom. The van der Waals surface area contributed by atoms with Gasteiger partial charge in [-0.05, 0) is 30.3 Å². The molecule has 2 aliphatic rings. The second kappa shape index (κ2) is 5.54. The van der Waals surface area contributed by atoms with E-state index in [1.165, 1.54) is 11.1 Å². The highest BCUT2D eigenvalue weighted by atomic mass is 79.9. The van der Waals surface area contributed by atoms with Crippen LogP contribution in [0.2, 0.25) is 0 Å². The molecule has 0 fully saturated rings. The largest absolute Gasteiger partial charge is 0.486 e. The molecule has 1 N–H and O–H groups in total. The third-order valence-corrected chi connectivity index (χ3v) is 5.71. The molecular weight excluding hydrogens is 326 g/mol. The molecule has 0 spiro atoms. The smallest absolute Gasteiger partial charge is 0.166 e. The minimum Gasteiger partial charge on any atom is -0.486 e. The summed E-state index contributed by atoms with van der Waals surface area (Å²) in [5.74, 6) is 4.56. The summed E-state index contributed by atoms with van der Waals surface area (Å²) in [5, 5.41) is 3.46. The predicted molar refractivity (Wildman–Crippen MR) is 82.3 cm³/mol. The van der Waals surface area contributed by atoms with Crippen LogP contribution in [0.5, 0.6) is 11.5 Å². The summed E-state index contributed by atoms with van der Waals surface area (Å²) in [7, 11) is 2.03. The number of rotatable bonds is 1. The number of benzene rings is 1. The molecule has 0 saturated heterocycles. The molecule has 1 aromatic carbocycles. The minimum absolute atomic E-state index is 0.318. The number of nitrogens with one attached hydrogen (secondary N) is 1. The van der Waals surface area contributed by atoms with Crippen LogP contribution in [0, 0.1) is 5.92 Å². The SMILES string of the molecule is CNC1c2c(c(Br)cc3c2OCCO3)CSCC1C. The van der Waals surface area contributed by atoms with Crippen LogP contribution in [-0.2, 0) is 5.75 Å². The highest BCUT2D eigenvalue weighted by Gasteiger charge is 2.31. The van der Waals surface area contributed by atoms with E-state index in [1.807, 2.05) is 18.8 Å².